The van der Waals surface area contributed by atoms with E-state index in [4.69, 9.17) is 5.11 Å². The molecule has 19 heavy (non-hydrogen) atoms. The largest absolute Gasteiger partial charge is 0.392 e. The van der Waals surface area contributed by atoms with Crippen LogP contribution in [0.5, 0.6) is 0 Å². The van der Waals surface area contributed by atoms with Crippen molar-refractivity contribution in [2.75, 3.05) is 0 Å². The fourth-order valence-electron chi connectivity index (χ4n) is 2.69. The van der Waals surface area contributed by atoms with Gasteiger partial charge in [0.05, 0.1) is 6.61 Å². The fraction of sp³-hybridized carbons (Fsp3) is 0.562. The van der Waals surface area contributed by atoms with Crippen LogP contribution in [0.1, 0.15) is 49.7 Å². The maximum Gasteiger partial charge on any atom is 0.220 e. The zero-order chi connectivity index (χ0) is 13.5. The molecule has 0 bridgehead atoms. The van der Waals surface area contributed by atoms with Crippen molar-refractivity contribution in [3.63, 3.8) is 0 Å². The lowest BCUT2D eigenvalue weighted by Crippen LogP contribution is -2.23. The van der Waals surface area contributed by atoms with Crippen molar-refractivity contribution in [1.29, 1.82) is 0 Å². The summed E-state index contributed by atoms with van der Waals surface area (Å²) in [5, 5.41) is 11.9. The lowest BCUT2D eigenvalue weighted by Gasteiger charge is -2.09. The van der Waals surface area contributed by atoms with Crippen LogP contribution in [0.2, 0.25) is 0 Å². The minimum Gasteiger partial charge on any atom is -0.392 e. The average Bonchev–Trinajstić information content (AvgIpc) is 2.96. The molecular formula is C16H23NO2. The summed E-state index contributed by atoms with van der Waals surface area (Å²) in [5.41, 5.74) is 1.97. The van der Waals surface area contributed by atoms with Crippen LogP contribution in [0.25, 0.3) is 0 Å². The Morgan fingerprint density at radius 1 is 1.16 bits per heavy atom. The quantitative estimate of drug-likeness (QED) is 0.827. The van der Waals surface area contributed by atoms with Crippen LogP contribution < -0.4 is 5.32 Å². The van der Waals surface area contributed by atoms with E-state index >= 15 is 0 Å². The Hall–Kier alpha value is -1.35. The molecule has 3 nitrogen and oxygen atoms in total. The Bertz CT molecular complexity index is 394. The molecule has 1 aromatic rings. The number of rotatable bonds is 6. The minimum atomic E-state index is 0.0635. The summed E-state index contributed by atoms with van der Waals surface area (Å²) in [4.78, 5) is 11.7. The van der Waals surface area contributed by atoms with E-state index in [0.717, 1.165) is 23.5 Å². The van der Waals surface area contributed by atoms with Crippen molar-refractivity contribution in [3.8, 4) is 0 Å². The lowest BCUT2D eigenvalue weighted by atomic mass is 10.0. The van der Waals surface area contributed by atoms with Gasteiger partial charge in [0, 0.05) is 13.0 Å². The highest BCUT2D eigenvalue weighted by Gasteiger charge is 2.15. The highest BCUT2D eigenvalue weighted by atomic mass is 16.3. The number of hydrogen-bond donors (Lipinski definition) is 2. The van der Waals surface area contributed by atoms with Crippen LogP contribution in [0, 0.1) is 5.92 Å². The first-order valence-corrected chi connectivity index (χ1v) is 7.23. The van der Waals surface area contributed by atoms with Crippen molar-refractivity contribution in [2.24, 2.45) is 5.92 Å². The third-order valence-corrected chi connectivity index (χ3v) is 3.95. The molecule has 0 radical (unpaired) electrons. The van der Waals surface area contributed by atoms with Gasteiger partial charge >= 0.3 is 0 Å². The number of carbonyl (C=O) groups is 1. The van der Waals surface area contributed by atoms with Gasteiger partial charge in [0.15, 0.2) is 0 Å². The highest BCUT2D eigenvalue weighted by molar-refractivity contribution is 5.75. The minimum absolute atomic E-state index is 0.0635. The fourth-order valence-corrected chi connectivity index (χ4v) is 2.69. The molecule has 1 aromatic carbocycles. The summed E-state index contributed by atoms with van der Waals surface area (Å²) in [5.74, 6) is 0.924. The first kappa shape index (κ1) is 14.1. The molecule has 0 unspecified atom stereocenters. The van der Waals surface area contributed by atoms with Gasteiger partial charge in [-0.05, 0) is 23.5 Å². The number of amides is 1. The molecule has 1 aliphatic rings. The molecule has 1 amide bonds. The summed E-state index contributed by atoms with van der Waals surface area (Å²) in [7, 11) is 0. The Kier molecular flexibility index (Phi) is 5.40. The van der Waals surface area contributed by atoms with Crippen LogP contribution >= 0.6 is 0 Å². The second-order valence-corrected chi connectivity index (χ2v) is 5.44. The topological polar surface area (TPSA) is 49.3 Å². The van der Waals surface area contributed by atoms with Crippen molar-refractivity contribution in [1.82, 2.24) is 5.32 Å². The van der Waals surface area contributed by atoms with Crippen molar-refractivity contribution >= 4 is 5.91 Å². The molecule has 0 aromatic heterocycles. The predicted octanol–water partition coefficient (Wildman–Crippen LogP) is 2.77. The summed E-state index contributed by atoms with van der Waals surface area (Å²) in [6.07, 6.45) is 6.97. The van der Waals surface area contributed by atoms with Crippen LogP contribution in [0.4, 0.5) is 0 Å². The van der Waals surface area contributed by atoms with Crippen LogP contribution in [-0.2, 0) is 17.9 Å². The van der Waals surface area contributed by atoms with Gasteiger partial charge in [0.2, 0.25) is 5.91 Å². The van der Waals surface area contributed by atoms with Gasteiger partial charge in [-0.2, -0.15) is 0 Å². The summed E-state index contributed by atoms with van der Waals surface area (Å²) in [6.45, 7) is 0.642. The average molecular weight is 261 g/mol. The maximum atomic E-state index is 11.7. The number of aliphatic hydroxyl groups is 1. The van der Waals surface area contributed by atoms with E-state index in [9.17, 15) is 4.79 Å². The Balaban J connectivity index is 1.67. The van der Waals surface area contributed by atoms with Gasteiger partial charge < -0.3 is 10.4 Å². The molecule has 0 spiro atoms. The molecule has 0 aliphatic heterocycles. The molecule has 104 valence electrons. The SMILES string of the molecule is O=C(CCC1CCCC1)NCc1ccc(CO)cc1. The number of carbonyl (C=O) groups excluding carboxylic acids is 1. The van der Waals surface area contributed by atoms with Gasteiger partial charge in [-0.25, -0.2) is 0 Å². The second-order valence-electron chi connectivity index (χ2n) is 5.44. The molecule has 1 fully saturated rings. The summed E-state index contributed by atoms with van der Waals surface area (Å²) in [6, 6.07) is 7.67. The Labute approximate surface area is 115 Å². The Morgan fingerprint density at radius 3 is 2.42 bits per heavy atom. The smallest absolute Gasteiger partial charge is 0.220 e. The molecule has 1 aliphatic carbocycles. The molecule has 0 saturated heterocycles. The van der Waals surface area contributed by atoms with E-state index in [0.29, 0.717) is 13.0 Å². The van der Waals surface area contributed by atoms with E-state index < -0.39 is 0 Å². The highest BCUT2D eigenvalue weighted by Crippen LogP contribution is 2.28. The predicted molar refractivity (Wildman–Crippen MR) is 75.4 cm³/mol. The molecular weight excluding hydrogens is 238 g/mol. The first-order chi connectivity index (χ1) is 9.28. The molecule has 2 N–H and O–H groups in total. The summed E-state index contributed by atoms with van der Waals surface area (Å²) >= 11 is 0. The van der Waals surface area contributed by atoms with Gasteiger partial charge in [0.1, 0.15) is 0 Å². The Morgan fingerprint density at radius 2 is 1.79 bits per heavy atom. The van der Waals surface area contributed by atoms with Crippen LogP contribution in [-0.4, -0.2) is 11.0 Å². The van der Waals surface area contributed by atoms with Gasteiger partial charge in [-0.3, -0.25) is 4.79 Å². The van der Waals surface area contributed by atoms with Crippen molar-refractivity contribution in [2.45, 2.75) is 51.7 Å². The monoisotopic (exact) mass is 261 g/mol. The molecule has 2 rings (SSSR count). The van der Waals surface area contributed by atoms with Crippen LogP contribution in [0.15, 0.2) is 24.3 Å². The lowest BCUT2D eigenvalue weighted by molar-refractivity contribution is -0.121. The summed E-state index contributed by atoms with van der Waals surface area (Å²) < 4.78 is 0. The molecule has 1 saturated carbocycles. The number of hydrogen-bond acceptors (Lipinski definition) is 2. The first-order valence-electron chi connectivity index (χ1n) is 7.23. The third-order valence-electron chi connectivity index (χ3n) is 3.95. The standard InChI is InChI=1S/C16H23NO2/c18-12-15-7-5-14(6-8-15)11-17-16(19)10-9-13-3-1-2-4-13/h5-8,13,18H,1-4,9-12H2,(H,17,19). The molecule has 0 atom stereocenters. The van der Waals surface area contributed by atoms with E-state index in [1.807, 2.05) is 24.3 Å². The second kappa shape index (κ2) is 7.29. The number of nitrogens with one attached hydrogen (secondary N) is 1. The zero-order valence-corrected chi connectivity index (χ0v) is 11.4. The van der Waals surface area contributed by atoms with E-state index in [-0.39, 0.29) is 12.5 Å². The molecule has 0 heterocycles. The van der Waals surface area contributed by atoms with E-state index in [2.05, 4.69) is 5.32 Å². The van der Waals surface area contributed by atoms with Crippen LogP contribution in [0.3, 0.4) is 0 Å². The maximum absolute atomic E-state index is 11.7. The van der Waals surface area contributed by atoms with E-state index in [1.165, 1.54) is 25.7 Å². The third kappa shape index (κ3) is 4.67. The van der Waals surface area contributed by atoms with Crippen molar-refractivity contribution < 1.29 is 9.90 Å². The van der Waals surface area contributed by atoms with Crippen molar-refractivity contribution in [3.05, 3.63) is 35.4 Å². The molecule has 3 heteroatoms. The van der Waals surface area contributed by atoms with Gasteiger partial charge in [-0.15, -0.1) is 0 Å². The van der Waals surface area contributed by atoms with Gasteiger partial charge in [0.25, 0.3) is 0 Å². The van der Waals surface area contributed by atoms with E-state index in [1.54, 1.807) is 0 Å². The number of benzene rings is 1. The zero-order valence-electron chi connectivity index (χ0n) is 11.4. The normalized spacial score (nSPS) is 15.6. The number of aliphatic hydroxyl groups excluding tert-OH is 1. The van der Waals surface area contributed by atoms with Gasteiger partial charge in [-0.1, -0.05) is 49.9 Å².